The van der Waals surface area contributed by atoms with E-state index in [1.165, 1.54) is 6.07 Å². The van der Waals surface area contributed by atoms with Crippen molar-refractivity contribution in [1.82, 2.24) is 4.89 Å². The lowest BCUT2D eigenvalue weighted by atomic mass is 10.2. The van der Waals surface area contributed by atoms with Gasteiger partial charge in [0.25, 0.3) is 10.0 Å². The maximum atomic E-state index is 11.6. The van der Waals surface area contributed by atoms with Gasteiger partial charge in [0.1, 0.15) is 4.21 Å². The van der Waals surface area contributed by atoms with E-state index in [1.54, 1.807) is 6.07 Å². The van der Waals surface area contributed by atoms with E-state index >= 15 is 0 Å². The zero-order chi connectivity index (χ0) is 11.5. The molecule has 0 saturated heterocycles. The van der Waals surface area contributed by atoms with Crippen LogP contribution in [0.15, 0.2) is 20.1 Å². The van der Waals surface area contributed by atoms with Crippen LogP contribution in [-0.2, 0) is 14.9 Å². The molecule has 0 unspecified atom stereocenters. The summed E-state index contributed by atoms with van der Waals surface area (Å²) in [6.45, 7) is 4.23. The van der Waals surface area contributed by atoms with E-state index < -0.39 is 10.0 Å². The fraction of sp³-hybridized carbons (Fsp3) is 0.500. The van der Waals surface area contributed by atoms with Gasteiger partial charge < -0.3 is 0 Å². The zero-order valence-corrected chi connectivity index (χ0v) is 11.6. The molecule has 1 aromatic heterocycles. The lowest BCUT2D eigenvalue weighted by molar-refractivity contribution is 0.0720. The van der Waals surface area contributed by atoms with Crippen molar-refractivity contribution < 1.29 is 13.3 Å². The maximum absolute atomic E-state index is 11.6. The molecule has 7 heteroatoms. The van der Waals surface area contributed by atoms with E-state index in [-0.39, 0.29) is 10.1 Å². The lowest BCUT2D eigenvalue weighted by Gasteiger charge is -2.06. The van der Waals surface area contributed by atoms with Crippen LogP contribution in [0.3, 0.4) is 0 Å². The molecule has 0 bridgehead atoms. The highest BCUT2D eigenvalue weighted by Crippen LogP contribution is 2.25. The Kier molecular flexibility index (Phi) is 4.72. The fourth-order valence-electron chi connectivity index (χ4n) is 0.761. The third-order valence-corrected chi connectivity index (χ3v) is 4.73. The molecule has 0 atom stereocenters. The molecular weight excluding hydrogens is 302 g/mol. The van der Waals surface area contributed by atoms with Gasteiger partial charge in [0.05, 0.1) is 10.4 Å². The number of rotatable bonds is 5. The molecule has 1 heterocycles. The van der Waals surface area contributed by atoms with Crippen LogP contribution in [0, 0.1) is 5.92 Å². The first kappa shape index (κ1) is 13.1. The SMILES string of the molecule is CC(C)CONS(=O)(=O)c1ccc(Br)s1. The predicted molar refractivity (Wildman–Crippen MR) is 63.1 cm³/mol. The van der Waals surface area contributed by atoms with Crippen LogP contribution in [0.25, 0.3) is 0 Å². The second-order valence-corrected chi connectivity index (χ2v) is 7.68. The summed E-state index contributed by atoms with van der Waals surface area (Å²) in [5.41, 5.74) is 0. The Balaban J connectivity index is 2.60. The van der Waals surface area contributed by atoms with Crippen molar-refractivity contribution in [2.24, 2.45) is 5.92 Å². The normalized spacial score (nSPS) is 12.3. The van der Waals surface area contributed by atoms with Gasteiger partial charge in [0.2, 0.25) is 0 Å². The van der Waals surface area contributed by atoms with Gasteiger partial charge in [-0.25, -0.2) is 8.42 Å². The van der Waals surface area contributed by atoms with Gasteiger partial charge in [-0.15, -0.1) is 11.3 Å². The Morgan fingerprint density at radius 3 is 2.67 bits per heavy atom. The van der Waals surface area contributed by atoms with Crippen LogP contribution >= 0.6 is 27.3 Å². The van der Waals surface area contributed by atoms with E-state index in [2.05, 4.69) is 20.8 Å². The summed E-state index contributed by atoms with van der Waals surface area (Å²) in [6, 6.07) is 3.21. The molecule has 0 amide bonds. The first-order chi connectivity index (χ1) is 6.92. The van der Waals surface area contributed by atoms with E-state index in [0.717, 1.165) is 15.1 Å². The zero-order valence-electron chi connectivity index (χ0n) is 8.36. The van der Waals surface area contributed by atoms with Gasteiger partial charge in [-0.05, 0) is 34.0 Å². The van der Waals surface area contributed by atoms with Crippen molar-refractivity contribution in [3.05, 3.63) is 15.9 Å². The Hall–Kier alpha value is 0.0500. The molecule has 0 aliphatic heterocycles. The Morgan fingerprint density at radius 2 is 2.20 bits per heavy atom. The first-order valence-electron chi connectivity index (χ1n) is 4.31. The molecule has 0 aromatic carbocycles. The molecular formula is C8H12BrNO3S2. The molecule has 1 rings (SSSR count). The van der Waals surface area contributed by atoms with Crippen LogP contribution in [0.1, 0.15) is 13.8 Å². The predicted octanol–water partition coefficient (Wildman–Crippen LogP) is 2.38. The number of nitrogens with one attached hydrogen (secondary N) is 1. The van der Waals surface area contributed by atoms with E-state index in [0.29, 0.717) is 6.61 Å². The molecule has 0 radical (unpaired) electrons. The van der Waals surface area contributed by atoms with Gasteiger partial charge in [-0.3, -0.25) is 4.84 Å². The van der Waals surface area contributed by atoms with Crippen LogP contribution in [-0.4, -0.2) is 15.0 Å². The first-order valence-corrected chi connectivity index (χ1v) is 7.40. The van der Waals surface area contributed by atoms with Crippen molar-refractivity contribution in [2.45, 2.75) is 18.1 Å². The van der Waals surface area contributed by atoms with Gasteiger partial charge >= 0.3 is 0 Å². The largest absolute Gasteiger partial charge is 0.287 e. The average Bonchev–Trinajstić information content (AvgIpc) is 2.51. The summed E-state index contributed by atoms with van der Waals surface area (Å²) in [4.78, 5) is 6.96. The molecule has 0 fully saturated rings. The highest BCUT2D eigenvalue weighted by atomic mass is 79.9. The minimum absolute atomic E-state index is 0.234. The molecule has 0 aliphatic carbocycles. The third kappa shape index (κ3) is 4.20. The molecule has 0 saturated carbocycles. The van der Waals surface area contributed by atoms with Crippen molar-refractivity contribution in [2.75, 3.05) is 6.61 Å². The molecule has 4 nitrogen and oxygen atoms in total. The van der Waals surface area contributed by atoms with Crippen molar-refractivity contribution in [1.29, 1.82) is 0 Å². The molecule has 0 spiro atoms. The second-order valence-electron chi connectivity index (χ2n) is 3.35. The summed E-state index contributed by atoms with van der Waals surface area (Å²) in [7, 11) is -3.52. The molecule has 1 aromatic rings. The molecule has 0 aliphatic rings. The quantitative estimate of drug-likeness (QED) is 0.849. The van der Waals surface area contributed by atoms with E-state index in [9.17, 15) is 8.42 Å². The van der Waals surface area contributed by atoms with Gasteiger partial charge in [0, 0.05) is 0 Å². The third-order valence-electron chi connectivity index (χ3n) is 1.40. The summed E-state index contributed by atoms with van der Waals surface area (Å²) in [5.74, 6) is 0.280. The second kappa shape index (κ2) is 5.40. The Morgan fingerprint density at radius 1 is 1.53 bits per heavy atom. The Bertz CT molecular complexity index is 413. The highest BCUT2D eigenvalue weighted by molar-refractivity contribution is 9.11. The fourth-order valence-corrected chi connectivity index (χ4v) is 3.57. The summed E-state index contributed by atoms with van der Waals surface area (Å²) in [6.07, 6.45) is 0. The number of hydrogen-bond acceptors (Lipinski definition) is 4. The van der Waals surface area contributed by atoms with Crippen molar-refractivity contribution >= 4 is 37.3 Å². The van der Waals surface area contributed by atoms with Crippen molar-refractivity contribution in [3.63, 3.8) is 0 Å². The molecule has 1 N–H and O–H groups in total. The number of halogens is 1. The van der Waals surface area contributed by atoms with Crippen LogP contribution in [0.5, 0.6) is 0 Å². The topological polar surface area (TPSA) is 55.4 Å². The standard InChI is InChI=1S/C8H12BrNO3S2/c1-6(2)5-13-10-15(11,12)8-4-3-7(9)14-8/h3-4,6,10H,5H2,1-2H3. The summed E-state index contributed by atoms with van der Waals surface area (Å²) < 4.78 is 24.2. The smallest absolute Gasteiger partial charge is 0.271 e. The maximum Gasteiger partial charge on any atom is 0.271 e. The van der Waals surface area contributed by atoms with Crippen LogP contribution in [0.2, 0.25) is 0 Å². The summed E-state index contributed by atoms with van der Waals surface area (Å²) in [5, 5.41) is 0. The minimum atomic E-state index is -3.52. The highest BCUT2D eigenvalue weighted by Gasteiger charge is 2.16. The number of hydrogen-bond donors (Lipinski definition) is 1. The summed E-state index contributed by atoms with van der Waals surface area (Å²) >= 11 is 4.34. The Labute approximate surface area is 102 Å². The monoisotopic (exact) mass is 313 g/mol. The van der Waals surface area contributed by atoms with E-state index in [4.69, 9.17) is 4.84 Å². The molecule has 15 heavy (non-hydrogen) atoms. The van der Waals surface area contributed by atoms with Crippen molar-refractivity contribution in [3.8, 4) is 0 Å². The van der Waals surface area contributed by atoms with Crippen LogP contribution < -0.4 is 4.89 Å². The average molecular weight is 314 g/mol. The number of thiophene rings is 1. The van der Waals surface area contributed by atoms with Gasteiger partial charge in [-0.1, -0.05) is 18.7 Å². The van der Waals surface area contributed by atoms with Gasteiger partial charge in [-0.2, -0.15) is 0 Å². The molecule has 86 valence electrons. The number of sulfonamides is 1. The minimum Gasteiger partial charge on any atom is -0.287 e. The van der Waals surface area contributed by atoms with Gasteiger partial charge in [0.15, 0.2) is 0 Å². The van der Waals surface area contributed by atoms with E-state index in [1.807, 2.05) is 13.8 Å². The lowest BCUT2D eigenvalue weighted by Crippen LogP contribution is -2.25. The van der Waals surface area contributed by atoms with Crippen LogP contribution in [0.4, 0.5) is 0 Å².